The van der Waals surface area contributed by atoms with Crippen LogP contribution in [0, 0.1) is 5.82 Å². The van der Waals surface area contributed by atoms with Gasteiger partial charge in [-0.3, -0.25) is 0 Å². The highest BCUT2D eigenvalue weighted by Gasteiger charge is 2.19. The number of imidazole rings is 1. The molecule has 0 aliphatic carbocycles. The first kappa shape index (κ1) is 17.8. The van der Waals surface area contributed by atoms with Crippen LogP contribution < -0.4 is 5.32 Å². The molecule has 3 rings (SSSR count). The maximum Gasteiger partial charge on any atom is 0.214 e. The summed E-state index contributed by atoms with van der Waals surface area (Å²) in [4.78, 5) is 7.47. The largest absolute Gasteiger partial charge is 0.356 e. The van der Waals surface area contributed by atoms with E-state index in [9.17, 15) is 4.39 Å². The lowest BCUT2D eigenvalue weighted by Gasteiger charge is -2.13. The average molecular weight is 361 g/mol. The minimum absolute atomic E-state index is 0.0119. The summed E-state index contributed by atoms with van der Waals surface area (Å²) in [5.74, 6) is -0.167. The molecule has 0 unspecified atom stereocenters. The number of halogens is 1. The molecule has 2 aromatic heterocycles. The molecule has 0 fully saturated rings. The summed E-state index contributed by atoms with van der Waals surface area (Å²) in [5.41, 5.74) is 2.78. The quantitative estimate of drug-likeness (QED) is 0.749. The summed E-state index contributed by atoms with van der Waals surface area (Å²) in [7, 11) is 3.86. The predicted molar refractivity (Wildman–Crippen MR) is 101 cm³/mol. The summed E-state index contributed by atoms with van der Waals surface area (Å²) in [5, 5.41) is 8.64. The monoisotopic (exact) mass is 361 g/mol. The summed E-state index contributed by atoms with van der Waals surface area (Å²) in [6.07, 6.45) is 1.98. The van der Waals surface area contributed by atoms with Crippen molar-refractivity contribution in [3.05, 3.63) is 47.0 Å². The molecule has 2 heterocycles. The highest BCUT2D eigenvalue weighted by molar-refractivity contribution is 7.20. The molecule has 0 saturated heterocycles. The maximum absolute atomic E-state index is 13.9. The Morgan fingerprint density at radius 3 is 2.68 bits per heavy atom. The molecule has 0 amide bonds. The Balaban J connectivity index is 1.71. The van der Waals surface area contributed by atoms with Crippen molar-refractivity contribution in [3.63, 3.8) is 0 Å². The fraction of sp³-hybridized carbons (Fsp3) is 0.444. The second-order valence-corrected chi connectivity index (χ2v) is 8.48. The summed E-state index contributed by atoms with van der Waals surface area (Å²) >= 11 is 1.52. The number of nitrogens with one attached hydrogen (secondary N) is 1. The number of hydrogen-bond acceptors (Lipinski definition) is 5. The predicted octanol–water partition coefficient (Wildman–Crippen LogP) is 3.90. The minimum Gasteiger partial charge on any atom is -0.356 e. The van der Waals surface area contributed by atoms with Crippen molar-refractivity contribution in [2.45, 2.75) is 39.3 Å². The van der Waals surface area contributed by atoms with Gasteiger partial charge in [0.05, 0.1) is 11.9 Å². The molecule has 134 valence electrons. The molecule has 0 aliphatic rings. The molecule has 7 heteroatoms. The van der Waals surface area contributed by atoms with Crippen molar-refractivity contribution in [1.29, 1.82) is 0 Å². The zero-order valence-corrected chi connectivity index (χ0v) is 16.1. The lowest BCUT2D eigenvalue weighted by atomic mass is 9.93. The SMILES string of the molecule is CN(C)Cc1cc(CNc2nn3cc(C(C)(C)C)nc3s2)ccc1F. The lowest BCUT2D eigenvalue weighted by Crippen LogP contribution is -2.12. The van der Waals surface area contributed by atoms with E-state index in [-0.39, 0.29) is 11.2 Å². The van der Waals surface area contributed by atoms with Gasteiger partial charge in [-0.05, 0) is 31.8 Å². The van der Waals surface area contributed by atoms with Crippen LogP contribution in [0.15, 0.2) is 24.4 Å². The highest BCUT2D eigenvalue weighted by Crippen LogP contribution is 2.26. The van der Waals surface area contributed by atoms with E-state index in [0.717, 1.165) is 21.3 Å². The number of nitrogens with zero attached hydrogens (tertiary/aromatic N) is 4. The minimum atomic E-state index is -0.167. The van der Waals surface area contributed by atoms with E-state index < -0.39 is 0 Å². The molecule has 0 radical (unpaired) electrons. The fourth-order valence-corrected chi connectivity index (χ4v) is 3.29. The van der Waals surface area contributed by atoms with Crippen LogP contribution in [0.5, 0.6) is 0 Å². The van der Waals surface area contributed by atoms with Crippen molar-refractivity contribution in [1.82, 2.24) is 19.5 Å². The van der Waals surface area contributed by atoms with E-state index >= 15 is 0 Å². The Morgan fingerprint density at radius 2 is 2.04 bits per heavy atom. The molecular weight excluding hydrogens is 337 g/mol. The van der Waals surface area contributed by atoms with Gasteiger partial charge in [0.1, 0.15) is 5.82 Å². The number of hydrogen-bond donors (Lipinski definition) is 1. The second kappa shape index (κ2) is 6.72. The zero-order chi connectivity index (χ0) is 18.2. The van der Waals surface area contributed by atoms with E-state index in [1.165, 1.54) is 17.4 Å². The van der Waals surface area contributed by atoms with Crippen LogP contribution in [-0.4, -0.2) is 33.6 Å². The Morgan fingerprint density at radius 1 is 1.28 bits per heavy atom. The van der Waals surface area contributed by atoms with Crippen molar-refractivity contribution in [2.24, 2.45) is 0 Å². The van der Waals surface area contributed by atoms with E-state index in [2.05, 4.69) is 36.2 Å². The molecule has 5 nitrogen and oxygen atoms in total. The van der Waals surface area contributed by atoms with Crippen LogP contribution in [-0.2, 0) is 18.5 Å². The van der Waals surface area contributed by atoms with Gasteiger partial charge in [0.15, 0.2) is 0 Å². The van der Waals surface area contributed by atoms with Gasteiger partial charge in [-0.25, -0.2) is 13.9 Å². The summed E-state index contributed by atoms with van der Waals surface area (Å²) in [6.45, 7) is 7.60. The lowest BCUT2D eigenvalue weighted by molar-refractivity contribution is 0.392. The van der Waals surface area contributed by atoms with Crippen molar-refractivity contribution in [2.75, 3.05) is 19.4 Å². The Bertz CT molecular complexity index is 844. The van der Waals surface area contributed by atoms with E-state index in [1.807, 2.05) is 35.8 Å². The van der Waals surface area contributed by atoms with Crippen LogP contribution >= 0.6 is 11.3 Å². The molecule has 0 spiro atoms. The Labute approximate surface area is 151 Å². The fourth-order valence-electron chi connectivity index (χ4n) is 2.51. The standard InChI is InChI=1S/C18H24FN5S/c1-18(2,3)15-11-24-17(21-15)25-16(22-24)20-9-12-6-7-14(19)13(8-12)10-23(4)5/h6-8,11H,9-10H2,1-5H3,(H,20,22). The molecule has 1 aromatic carbocycles. The number of aromatic nitrogens is 3. The van der Waals surface area contributed by atoms with Crippen LogP contribution in [0.1, 0.15) is 37.6 Å². The topological polar surface area (TPSA) is 45.5 Å². The number of fused-ring (bicyclic) bond motifs is 1. The molecule has 0 bridgehead atoms. The van der Waals surface area contributed by atoms with E-state index in [0.29, 0.717) is 18.7 Å². The van der Waals surface area contributed by atoms with E-state index in [1.54, 1.807) is 6.07 Å². The third kappa shape index (κ3) is 4.16. The number of benzene rings is 1. The first-order valence-corrected chi connectivity index (χ1v) is 9.06. The van der Waals surface area contributed by atoms with Crippen molar-refractivity contribution >= 4 is 21.4 Å². The van der Waals surface area contributed by atoms with Crippen LogP contribution in [0.3, 0.4) is 0 Å². The van der Waals surface area contributed by atoms with Gasteiger partial charge in [-0.15, -0.1) is 5.10 Å². The first-order valence-electron chi connectivity index (χ1n) is 8.25. The van der Waals surface area contributed by atoms with Crippen molar-refractivity contribution < 1.29 is 4.39 Å². The average Bonchev–Trinajstić information content (AvgIpc) is 3.05. The summed E-state index contributed by atoms with van der Waals surface area (Å²) < 4.78 is 15.7. The smallest absolute Gasteiger partial charge is 0.214 e. The first-order chi connectivity index (χ1) is 11.7. The third-order valence-corrected chi connectivity index (χ3v) is 4.73. The van der Waals surface area contributed by atoms with Gasteiger partial charge in [-0.2, -0.15) is 0 Å². The van der Waals surface area contributed by atoms with Gasteiger partial charge in [0.2, 0.25) is 10.1 Å². The van der Waals surface area contributed by atoms with Crippen LogP contribution in [0.4, 0.5) is 9.52 Å². The normalized spacial score (nSPS) is 12.3. The maximum atomic E-state index is 13.9. The zero-order valence-electron chi connectivity index (χ0n) is 15.3. The third-order valence-electron chi connectivity index (χ3n) is 3.85. The highest BCUT2D eigenvalue weighted by atomic mass is 32.1. The summed E-state index contributed by atoms with van der Waals surface area (Å²) in [6, 6.07) is 5.23. The van der Waals surface area contributed by atoms with Gasteiger partial charge < -0.3 is 10.2 Å². The molecule has 0 atom stereocenters. The van der Waals surface area contributed by atoms with E-state index in [4.69, 9.17) is 0 Å². The molecule has 25 heavy (non-hydrogen) atoms. The van der Waals surface area contributed by atoms with Gasteiger partial charge >= 0.3 is 0 Å². The van der Waals surface area contributed by atoms with Gasteiger partial charge in [0, 0.05) is 24.1 Å². The Hall–Kier alpha value is -1.99. The van der Waals surface area contributed by atoms with Gasteiger partial charge in [-0.1, -0.05) is 38.2 Å². The van der Waals surface area contributed by atoms with Crippen LogP contribution in [0.2, 0.25) is 0 Å². The van der Waals surface area contributed by atoms with Crippen LogP contribution in [0.25, 0.3) is 4.96 Å². The second-order valence-electron chi connectivity index (χ2n) is 7.53. The molecular formula is C18H24FN5S. The van der Waals surface area contributed by atoms with Gasteiger partial charge in [0.25, 0.3) is 0 Å². The number of rotatable bonds is 5. The number of anilines is 1. The molecule has 3 aromatic rings. The molecule has 0 saturated carbocycles. The molecule has 0 aliphatic heterocycles. The molecule has 1 N–H and O–H groups in total. The van der Waals surface area contributed by atoms with Crippen molar-refractivity contribution in [3.8, 4) is 0 Å². The Kier molecular flexibility index (Phi) is 4.79.